The Morgan fingerprint density at radius 1 is 1.50 bits per heavy atom. The highest BCUT2D eigenvalue weighted by Crippen LogP contribution is 2.28. The fourth-order valence-corrected chi connectivity index (χ4v) is 2.35. The summed E-state index contributed by atoms with van der Waals surface area (Å²) in [4.78, 5) is 7.14. The Balaban J connectivity index is 1.75. The number of aliphatic hydroxyl groups is 1. The van der Waals surface area contributed by atoms with Crippen molar-refractivity contribution in [3.8, 4) is 0 Å². The molecule has 1 aliphatic rings. The van der Waals surface area contributed by atoms with Gasteiger partial charge in [0.15, 0.2) is 0 Å². The van der Waals surface area contributed by atoms with Crippen LogP contribution in [0.2, 0.25) is 0 Å². The van der Waals surface area contributed by atoms with Gasteiger partial charge in [-0.05, 0) is 12.3 Å². The number of hydrogen-bond donors (Lipinski definition) is 2. The summed E-state index contributed by atoms with van der Waals surface area (Å²) in [6.45, 7) is 0. The van der Waals surface area contributed by atoms with Crippen LogP contribution >= 0.6 is 0 Å². The van der Waals surface area contributed by atoms with E-state index in [1.54, 1.807) is 12.4 Å². The highest BCUT2D eigenvalue weighted by atomic mass is 16.3. The Hall–Kier alpha value is -0.830. The summed E-state index contributed by atoms with van der Waals surface area (Å²) < 4.78 is 0. The molecule has 2 N–H and O–H groups in total. The second-order valence-electron chi connectivity index (χ2n) is 4.28. The number of nitrogens with zero attached hydrogens (tertiary/aromatic N) is 1. The van der Waals surface area contributed by atoms with E-state index >= 15 is 0 Å². The number of hydrogen-bond acceptors (Lipinski definition) is 2. The van der Waals surface area contributed by atoms with Gasteiger partial charge in [-0.15, -0.1) is 0 Å². The molecule has 14 heavy (non-hydrogen) atoms. The Bertz CT molecular complexity index is 252. The molecular formula is C11H18N2O. The average molecular weight is 194 g/mol. The lowest BCUT2D eigenvalue weighted by Crippen LogP contribution is -2.15. The molecule has 1 saturated carbocycles. The molecule has 3 nitrogen and oxygen atoms in total. The average Bonchev–Trinajstić information content (AvgIpc) is 2.76. The first-order valence-electron chi connectivity index (χ1n) is 5.51. The standard InChI is InChI=1S/C11H18N2O/c14-10(7-9-3-1-2-4-9)8-11-12-5-6-13-11/h5-6,9-10,14H,1-4,7-8H2,(H,12,13). The van der Waals surface area contributed by atoms with E-state index < -0.39 is 0 Å². The van der Waals surface area contributed by atoms with Gasteiger partial charge in [0, 0.05) is 18.8 Å². The fraction of sp³-hybridized carbons (Fsp3) is 0.727. The van der Waals surface area contributed by atoms with Crippen molar-refractivity contribution in [3.05, 3.63) is 18.2 Å². The second kappa shape index (κ2) is 4.60. The lowest BCUT2D eigenvalue weighted by Gasteiger charge is -2.13. The van der Waals surface area contributed by atoms with Crippen LogP contribution in [0.25, 0.3) is 0 Å². The van der Waals surface area contributed by atoms with Crippen LogP contribution in [0.15, 0.2) is 12.4 Å². The molecule has 0 aromatic carbocycles. The third-order valence-electron chi connectivity index (χ3n) is 3.06. The molecule has 1 fully saturated rings. The zero-order valence-electron chi connectivity index (χ0n) is 8.45. The van der Waals surface area contributed by atoms with E-state index in [9.17, 15) is 5.11 Å². The van der Waals surface area contributed by atoms with Gasteiger partial charge in [0.1, 0.15) is 5.82 Å². The molecule has 1 unspecified atom stereocenters. The maximum absolute atomic E-state index is 9.82. The van der Waals surface area contributed by atoms with Crippen molar-refractivity contribution in [1.29, 1.82) is 0 Å². The predicted molar refractivity (Wildman–Crippen MR) is 54.9 cm³/mol. The van der Waals surface area contributed by atoms with E-state index in [2.05, 4.69) is 9.97 Å². The van der Waals surface area contributed by atoms with Crippen molar-refractivity contribution < 1.29 is 5.11 Å². The Morgan fingerprint density at radius 2 is 2.29 bits per heavy atom. The van der Waals surface area contributed by atoms with E-state index in [0.717, 1.165) is 18.2 Å². The quantitative estimate of drug-likeness (QED) is 0.769. The zero-order valence-corrected chi connectivity index (χ0v) is 8.45. The van der Waals surface area contributed by atoms with E-state index in [1.807, 2.05) is 0 Å². The van der Waals surface area contributed by atoms with E-state index in [1.165, 1.54) is 25.7 Å². The van der Waals surface area contributed by atoms with Crippen LogP contribution in [0.5, 0.6) is 0 Å². The molecule has 1 aromatic rings. The monoisotopic (exact) mass is 194 g/mol. The molecule has 1 aliphatic carbocycles. The molecule has 0 aliphatic heterocycles. The van der Waals surface area contributed by atoms with Crippen molar-refractivity contribution in [2.45, 2.75) is 44.6 Å². The summed E-state index contributed by atoms with van der Waals surface area (Å²) in [5.41, 5.74) is 0. The second-order valence-corrected chi connectivity index (χ2v) is 4.28. The molecule has 3 heteroatoms. The topological polar surface area (TPSA) is 48.9 Å². The number of H-pyrrole nitrogens is 1. The normalized spacial score (nSPS) is 20.1. The van der Waals surface area contributed by atoms with Gasteiger partial charge in [-0.2, -0.15) is 0 Å². The Labute approximate surface area is 84.6 Å². The molecule has 1 atom stereocenters. The van der Waals surface area contributed by atoms with Crippen LogP contribution < -0.4 is 0 Å². The summed E-state index contributed by atoms with van der Waals surface area (Å²) in [6.07, 6.45) is 10.2. The van der Waals surface area contributed by atoms with Gasteiger partial charge in [-0.25, -0.2) is 4.98 Å². The predicted octanol–water partition coefficient (Wildman–Crippen LogP) is 1.89. The third kappa shape index (κ3) is 2.58. The van der Waals surface area contributed by atoms with Crippen LogP contribution in [0.4, 0.5) is 0 Å². The van der Waals surface area contributed by atoms with Gasteiger partial charge in [0.05, 0.1) is 6.10 Å². The van der Waals surface area contributed by atoms with Crippen molar-refractivity contribution in [1.82, 2.24) is 9.97 Å². The van der Waals surface area contributed by atoms with Crippen LogP contribution in [-0.2, 0) is 6.42 Å². The van der Waals surface area contributed by atoms with Crippen LogP contribution in [0.1, 0.15) is 37.9 Å². The summed E-state index contributed by atoms with van der Waals surface area (Å²) in [6, 6.07) is 0. The molecule has 2 rings (SSSR count). The van der Waals surface area contributed by atoms with Gasteiger partial charge in [0.25, 0.3) is 0 Å². The summed E-state index contributed by atoms with van der Waals surface area (Å²) in [5.74, 6) is 1.65. The zero-order chi connectivity index (χ0) is 9.80. The third-order valence-corrected chi connectivity index (χ3v) is 3.06. The first kappa shape index (κ1) is 9.71. The number of aromatic amines is 1. The summed E-state index contributed by atoms with van der Waals surface area (Å²) in [5, 5.41) is 9.82. The molecule has 0 spiro atoms. The number of imidazole rings is 1. The van der Waals surface area contributed by atoms with Gasteiger partial charge in [0.2, 0.25) is 0 Å². The minimum absolute atomic E-state index is 0.218. The first-order valence-corrected chi connectivity index (χ1v) is 5.51. The van der Waals surface area contributed by atoms with Crippen LogP contribution in [0.3, 0.4) is 0 Å². The van der Waals surface area contributed by atoms with Crippen molar-refractivity contribution in [2.75, 3.05) is 0 Å². The first-order chi connectivity index (χ1) is 6.84. The molecular weight excluding hydrogens is 176 g/mol. The molecule has 0 radical (unpaired) electrons. The van der Waals surface area contributed by atoms with Gasteiger partial charge >= 0.3 is 0 Å². The van der Waals surface area contributed by atoms with E-state index in [4.69, 9.17) is 0 Å². The summed E-state index contributed by atoms with van der Waals surface area (Å²) in [7, 11) is 0. The number of rotatable bonds is 4. The maximum atomic E-state index is 9.82. The highest BCUT2D eigenvalue weighted by molar-refractivity contribution is 4.89. The highest BCUT2D eigenvalue weighted by Gasteiger charge is 2.19. The van der Waals surface area contributed by atoms with Gasteiger partial charge < -0.3 is 10.1 Å². The lowest BCUT2D eigenvalue weighted by molar-refractivity contribution is 0.141. The van der Waals surface area contributed by atoms with Gasteiger partial charge in [-0.3, -0.25) is 0 Å². The summed E-state index contributed by atoms with van der Waals surface area (Å²) >= 11 is 0. The minimum atomic E-state index is -0.218. The SMILES string of the molecule is OC(Cc1ncc[nH]1)CC1CCCC1. The molecule has 1 aromatic heterocycles. The van der Waals surface area contributed by atoms with Crippen LogP contribution in [-0.4, -0.2) is 21.2 Å². The Kier molecular flexibility index (Phi) is 3.19. The smallest absolute Gasteiger partial charge is 0.108 e. The molecule has 1 heterocycles. The van der Waals surface area contributed by atoms with E-state index in [0.29, 0.717) is 6.42 Å². The molecule has 0 amide bonds. The number of aliphatic hydroxyl groups excluding tert-OH is 1. The minimum Gasteiger partial charge on any atom is -0.393 e. The Morgan fingerprint density at radius 3 is 2.93 bits per heavy atom. The maximum Gasteiger partial charge on any atom is 0.108 e. The molecule has 0 bridgehead atoms. The van der Waals surface area contributed by atoms with Crippen molar-refractivity contribution >= 4 is 0 Å². The van der Waals surface area contributed by atoms with Crippen molar-refractivity contribution in [2.24, 2.45) is 5.92 Å². The largest absolute Gasteiger partial charge is 0.393 e. The van der Waals surface area contributed by atoms with Crippen molar-refractivity contribution in [3.63, 3.8) is 0 Å². The number of nitrogens with one attached hydrogen (secondary N) is 1. The molecule has 78 valence electrons. The van der Waals surface area contributed by atoms with Gasteiger partial charge in [-0.1, -0.05) is 25.7 Å². The number of aromatic nitrogens is 2. The van der Waals surface area contributed by atoms with E-state index in [-0.39, 0.29) is 6.10 Å². The van der Waals surface area contributed by atoms with Crippen LogP contribution in [0, 0.1) is 5.92 Å². The lowest BCUT2D eigenvalue weighted by atomic mass is 9.98. The molecule has 0 saturated heterocycles. The fourth-order valence-electron chi connectivity index (χ4n) is 2.35.